The van der Waals surface area contributed by atoms with E-state index in [4.69, 9.17) is 4.74 Å². The lowest BCUT2D eigenvalue weighted by Crippen LogP contribution is -2.05. The second kappa shape index (κ2) is 6.28. The molecule has 0 aliphatic rings. The van der Waals surface area contributed by atoms with E-state index in [1.54, 1.807) is 19.5 Å². The molecule has 1 atom stereocenters. The molecule has 20 heavy (non-hydrogen) atoms. The van der Waals surface area contributed by atoms with Crippen LogP contribution in [-0.4, -0.2) is 22.8 Å². The Kier molecular flexibility index (Phi) is 4.45. The number of nitrogens with zero attached hydrogens (tertiary/aromatic N) is 3. The molecule has 0 amide bonds. The zero-order valence-electron chi connectivity index (χ0n) is 12.3. The van der Waals surface area contributed by atoms with Crippen LogP contribution in [0.2, 0.25) is 0 Å². The van der Waals surface area contributed by atoms with Crippen LogP contribution in [0.3, 0.4) is 0 Å². The van der Waals surface area contributed by atoms with E-state index >= 15 is 0 Å². The predicted octanol–water partition coefficient (Wildman–Crippen LogP) is 3.36. The van der Waals surface area contributed by atoms with Gasteiger partial charge in [0, 0.05) is 18.0 Å². The molecule has 4 nitrogen and oxygen atoms in total. The van der Waals surface area contributed by atoms with Crippen molar-refractivity contribution in [2.45, 2.75) is 26.8 Å². The highest BCUT2D eigenvalue weighted by molar-refractivity contribution is 5.95. The molecule has 1 unspecified atom stereocenters. The maximum absolute atomic E-state index is 5.37. The zero-order valence-corrected chi connectivity index (χ0v) is 12.3. The fourth-order valence-electron chi connectivity index (χ4n) is 2.01. The molecule has 0 fully saturated rings. The van der Waals surface area contributed by atoms with E-state index < -0.39 is 0 Å². The molecule has 0 saturated carbocycles. The number of aromatic nitrogens is 2. The Labute approximate surface area is 119 Å². The maximum atomic E-state index is 5.37. The fraction of sp³-hybridized carbons (Fsp3) is 0.312. The summed E-state index contributed by atoms with van der Waals surface area (Å²) in [5.41, 5.74) is 2.92. The third-order valence-electron chi connectivity index (χ3n) is 3.08. The molecule has 0 spiro atoms. The van der Waals surface area contributed by atoms with Gasteiger partial charge in [0.05, 0.1) is 18.9 Å². The highest BCUT2D eigenvalue weighted by Gasteiger charge is 2.11. The highest BCUT2D eigenvalue weighted by Crippen LogP contribution is 2.27. The smallest absolute Gasteiger partial charge is 0.173 e. The van der Waals surface area contributed by atoms with Crippen LogP contribution in [0.1, 0.15) is 36.8 Å². The molecule has 0 aliphatic carbocycles. The van der Waals surface area contributed by atoms with Crippen LogP contribution in [0.15, 0.2) is 41.7 Å². The summed E-state index contributed by atoms with van der Waals surface area (Å²) in [5.74, 6) is 1.51. The van der Waals surface area contributed by atoms with E-state index in [0.717, 1.165) is 22.6 Å². The molecule has 0 aliphatic heterocycles. The maximum Gasteiger partial charge on any atom is 0.173 e. The minimum Gasteiger partial charge on any atom is -0.496 e. The Balaban J connectivity index is 2.27. The number of para-hydroxylation sites is 1. The lowest BCUT2D eigenvalue weighted by Gasteiger charge is -2.12. The van der Waals surface area contributed by atoms with Gasteiger partial charge >= 0.3 is 0 Å². The molecular formula is C16H19N3O. The number of hydrogen-bond donors (Lipinski definition) is 0. The van der Waals surface area contributed by atoms with Gasteiger partial charge in [0.1, 0.15) is 5.75 Å². The van der Waals surface area contributed by atoms with Gasteiger partial charge in [-0.2, -0.15) is 0 Å². The second-order valence-corrected chi connectivity index (χ2v) is 4.72. The van der Waals surface area contributed by atoms with Crippen LogP contribution >= 0.6 is 0 Å². The van der Waals surface area contributed by atoms with Crippen molar-refractivity contribution >= 4 is 5.71 Å². The van der Waals surface area contributed by atoms with Gasteiger partial charge < -0.3 is 4.74 Å². The molecule has 1 heterocycles. The summed E-state index contributed by atoms with van der Waals surface area (Å²) in [7, 11) is 1.67. The number of rotatable bonds is 4. The van der Waals surface area contributed by atoms with Gasteiger partial charge in [0.15, 0.2) is 5.82 Å². The van der Waals surface area contributed by atoms with Gasteiger partial charge in [-0.3, -0.25) is 4.99 Å². The number of aliphatic imine (C=N–C) groups is 1. The highest BCUT2D eigenvalue weighted by atomic mass is 16.5. The molecular weight excluding hydrogens is 250 g/mol. The molecule has 0 N–H and O–H groups in total. The molecule has 104 valence electrons. The average Bonchev–Trinajstić information content (AvgIpc) is 2.47. The molecule has 0 saturated heterocycles. The van der Waals surface area contributed by atoms with Crippen LogP contribution < -0.4 is 4.74 Å². The molecule has 2 aromatic rings. The van der Waals surface area contributed by atoms with E-state index in [2.05, 4.69) is 15.0 Å². The van der Waals surface area contributed by atoms with Crippen LogP contribution in [0.4, 0.5) is 0 Å². The quantitative estimate of drug-likeness (QED) is 0.799. The van der Waals surface area contributed by atoms with Gasteiger partial charge in [-0.05, 0) is 32.4 Å². The normalized spacial score (nSPS) is 13.1. The van der Waals surface area contributed by atoms with Crippen LogP contribution in [0.5, 0.6) is 5.75 Å². The largest absolute Gasteiger partial charge is 0.496 e. The van der Waals surface area contributed by atoms with Crippen molar-refractivity contribution in [2.75, 3.05) is 7.11 Å². The summed E-state index contributed by atoms with van der Waals surface area (Å²) < 4.78 is 5.37. The van der Waals surface area contributed by atoms with Gasteiger partial charge in [-0.1, -0.05) is 18.2 Å². The van der Waals surface area contributed by atoms with Crippen LogP contribution in [0, 0.1) is 6.92 Å². The van der Waals surface area contributed by atoms with Gasteiger partial charge in [0.25, 0.3) is 0 Å². The number of methoxy groups -OCH3 is 1. The van der Waals surface area contributed by atoms with Crippen molar-refractivity contribution in [1.29, 1.82) is 0 Å². The van der Waals surface area contributed by atoms with Gasteiger partial charge in [-0.15, -0.1) is 0 Å². The Bertz CT molecular complexity index is 605. The molecule has 1 aromatic heterocycles. The summed E-state index contributed by atoms with van der Waals surface area (Å²) in [5, 5.41) is 0. The lowest BCUT2D eigenvalue weighted by molar-refractivity contribution is 0.407. The first-order valence-corrected chi connectivity index (χ1v) is 6.58. The first kappa shape index (κ1) is 14.2. The topological polar surface area (TPSA) is 47.4 Å². The van der Waals surface area contributed by atoms with Crippen molar-refractivity contribution in [3.8, 4) is 5.75 Å². The Morgan fingerprint density at radius 1 is 1.20 bits per heavy atom. The second-order valence-electron chi connectivity index (χ2n) is 4.72. The van der Waals surface area contributed by atoms with Crippen molar-refractivity contribution in [3.05, 3.63) is 53.6 Å². The van der Waals surface area contributed by atoms with Crippen molar-refractivity contribution in [3.63, 3.8) is 0 Å². The van der Waals surface area contributed by atoms with E-state index in [1.807, 2.05) is 45.0 Å². The molecule has 1 aromatic carbocycles. The van der Waals surface area contributed by atoms with E-state index in [9.17, 15) is 0 Å². The monoisotopic (exact) mass is 269 g/mol. The fourth-order valence-corrected chi connectivity index (χ4v) is 2.01. The molecule has 0 radical (unpaired) electrons. The first-order valence-electron chi connectivity index (χ1n) is 6.58. The van der Waals surface area contributed by atoms with E-state index in [1.165, 1.54) is 0 Å². The number of ether oxygens (including phenoxy) is 1. The van der Waals surface area contributed by atoms with Crippen molar-refractivity contribution in [2.24, 2.45) is 4.99 Å². The minimum absolute atomic E-state index is 0.00365. The van der Waals surface area contributed by atoms with E-state index in [-0.39, 0.29) is 6.04 Å². The summed E-state index contributed by atoms with van der Waals surface area (Å²) in [6.07, 6.45) is 3.60. The lowest BCUT2D eigenvalue weighted by atomic mass is 10.1. The third-order valence-corrected chi connectivity index (χ3v) is 3.08. The van der Waals surface area contributed by atoms with Crippen LogP contribution in [-0.2, 0) is 0 Å². The Hall–Kier alpha value is -2.23. The number of benzene rings is 1. The van der Waals surface area contributed by atoms with Gasteiger partial charge in [0.2, 0.25) is 0 Å². The molecule has 4 heteroatoms. The Morgan fingerprint density at radius 3 is 2.50 bits per heavy atom. The number of aryl methyl sites for hydroxylation is 1. The standard InChI is InChI=1S/C16H19N3O/c1-11-9-17-16(18-10-11)13(3)19-12(2)14-7-5-6-8-15(14)20-4/h5-10,12H,1-4H3. The average molecular weight is 269 g/mol. The first-order chi connectivity index (χ1) is 9.61. The SMILES string of the molecule is COc1ccccc1C(C)N=C(C)c1ncc(C)cn1. The predicted molar refractivity (Wildman–Crippen MR) is 80.4 cm³/mol. The Morgan fingerprint density at radius 2 is 1.85 bits per heavy atom. The molecule has 0 bridgehead atoms. The zero-order chi connectivity index (χ0) is 14.5. The van der Waals surface area contributed by atoms with E-state index in [0.29, 0.717) is 5.82 Å². The summed E-state index contributed by atoms with van der Waals surface area (Å²) in [6.45, 7) is 5.93. The third kappa shape index (κ3) is 3.20. The number of hydrogen-bond acceptors (Lipinski definition) is 4. The van der Waals surface area contributed by atoms with Crippen LogP contribution in [0.25, 0.3) is 0 Å². The van der Waals surface area contributed by atoms with Crippen molar-refractivity contribution < 1.29 is 4.74 Å². The van der Waals surface area contributed by atoms with Gasteiger partial charge in [-0.25, -0.2) is 9.97 Å². The minimum atomic E-state index is -0.00365. The molecule has 2 rings (SSSR count). The van der Waals surface area contributed by atoms with Crippen molar-refractivity contribution in [1.82, 2.24) is 9.97 Å². The summed E-state index contributed by atoms with van der Waals surface area (Å²) in [4.78, 5) is 13.3. The summed E-state index contributed by atoms with van der Waals surface area (Å²) >= 11 is 0. The summed E-state index contributed by atoms with van der Waals surface area (Å²) in [6, 6.07) is 7.90.